The van der Waals surface area contributed by atoms with E-state index < -0.39 is 10.0 Å². The van der Waals surface area contributed by atoms with E-state index in [4.69, 9.17) is 21.1 Å². The minimum atomic E-state index is -3.70. The summed E-state index contributed by atoms with van der Waals surface area (Å²) < 4.78 is 37.9. The van der Waals surface area contributed by atoms with Gasteiger partial charge in [-0.15, -0.1) is 0 Å². The maximum absolute atomic E-state index is 12.5. The van der Waals surface area contributed by atoms with Gasteiger partial charge in [-0.2, -0.15) is 0 Å². The van der Waals surface area contributed by atoms with Crippen LogP contribution in [-0.2, 0) is 14.8 Å². The largest absolute Gasteiger partial charge is 0.495 e. The van der Waals surface area contributed by atoms with Crippen LogP contribution in [0.3, 0.4) is 0 Å². The Balaban J connectivity index is 2.17. The third kappa shape index (κ3) is 4.27. The van der Waals surface area contributed by atoms with Crippen molar-refractivity contribution in [2.75, 3.05) is 20.8 Å². The third-order valence-electron chi connectivity index (χ3n) is 3.71. The average Bonchev–Trinajstić information content (AvgIpc) is 2.56. The Morgan fingerprint density at radius 3 is 2.46 bits per heavy atom. The number of methoxy groups -OCH3 is 2. The summed E-state index contributed by atoms with van der Waals surface area (Å²) in [4.78, 5) is 0.0768. The molecule has 0 heterocycles. The molecule has 5 nitrogen and oxygen atoms in total. The zero-order valence-corrected chi connectivity index (χ0v) is 15.3. The summed E-state index contributed by atoms with van der Waals surface area (Å²) in [6.45, 7) is 2.08. The smallest absolute Gasteiger partial charge is 0.240 e. The molecule has 0 fully saturated rings. The van der Waals surface area contributed by atoms with Crippen molar-refractivity contribution < 1.29 is 17.9 Å². The Morgan fingerprint density at radius 1 is 1.17 bits per heavy atom. The van der Waals surface area contributed by atoms with Crippen LogP contribution in [0.15, 0.2) is 47.4 Å². The number of aryl methyl sites for hydroxylation is 1. The van der Waals surface area contributed by atoms with Crippen molar-refractivity contribution >= 4 is 21.6 Å². The highest BCUT2D eigenvalue weighted by molar-refractivity contribution is 7.89. The number of ether oxygens (including phenoxy) is 2. The predicted octanol–water partition coefficient (Wildman–Crippen LogP) is 3.32. The topological polar surface area (TPSA) is 64.6 Å². The monoisotopic (exact) mass is 369 g/mol. The molecule has 0 aliphatic heterocycles. The van der Waals surface area contributed by atoms with Gasteiger partial charge < -0.3 is 9.47 Å². The van der Waals surface area contributed by atoms with Crippen LogP contribution in [0.1, 0.15) is 17.2 Å². The second-order valence-corrected chi connectivity index (χ2v) is 7.40. The molecule has 0 bridgehead atoms. The summed E-state index contributed by atoms with van der Waals surface area (Å²) in [6.07, 6.45) is -0.380. The van der Waals surface area contributed by atoms with E-state index in [1.54, 1.807) is 7.11 Å². The molecule has 1 atom stereocenters. The van der Waals surface area contributed by atoms with Gasteiger partial charge in [0.1, 0.15) is 5.75 Å². The van der Waals surface area contributed by atoms with Crippen molar-refractivity contribution in [3.05, 3.63) is 58.6 Å². The van der Waals surface area contributed by atoms with Crippen molar-refractivity contribution in [1.29, 1.82) is 0 Å². The molecule has 0 amide bonds. The molecule has 0 saturated carbocycles. The molecule has 0 aromatic heterocycles. The van der Waals surface area contributed by atoms with Gasteiger partial charge in [-0.1, -0.05) is 35.9 Å². The molecule has 2 aromatic carbocycles. The SMILES string of the molecule is COc1ccc(S(=O)(=O)NCC(OC)c2ccccc2C)cc1Cl. The van der Waals surface area contributed by atoms with Gasteiger partial charge in [0, 0.05) is 13.7 Å². The maximum Gasteiger partial charge on any atom is 0.240 e. The zero-order valence-electron chi connectivity index (χ0n) is 13.7. The molecule has 0 saturated heterocycles. The van der Waals surface area contributed by atoms with Crippen LogP contribution in [0.2, 0.25) is 5.02 Å². The molecule has 0 radical (unpaired) electrons. The lowest BCUT2D eigenvalue weighted by molar-refractivity contribution is 0.107. The number of benzene rings is 2. The van der Waals surface area contributed by atoms with E-state index in [-0.39, 0.29) is 22.6 Å². The minimum absolute atomic E-state index is 0.0768. The molecule has 1 unspecified atom stereocenters. The Labute approximate surface area is 147 Å². The van der Waals surface area contributed by atoms with E-state index in [9.17, 15) is 8.42 Å². The van der Waals surface area contributed by atoms with Crippen molar-refractivity contribution in [3.63, 3.8) is 0 Å². The van der Waals surface area contributed by atoms with Crippen molar-refractivity contribution in [3.8, 4) is 5.75 Å². The van der Waals surface area contributed by atoms with E-state index in [2.05, 4.69) is 4.72 Å². The molecule has 2 aromatic rings. The first kappa shape index (κ1) is 18.7. The second kappa shape index (κ2) is 7.98. The lowest BCUT2D eigenvalue weighted by Gasteiger charge is -2.18. The molecule has 130 valence electrons. The Hall–Kier alpha value is -1.60. The van der Waals surface area contributed by atoms with Crippen LogP contribution in [-0.4, -0.2) is 29.2 Å². The lowest BCUT2D eigenvalue weighted by Crippen LogP contribution is -2.29. The van der Waals surface area contributed by atoms with Crippen LogP contribution < -0.4 is 9.46 Å². The Bertz CT molecular complexity index is 808. The summed E-state index contributed by atoms with van der Waals surface area (Å²) in [6, 6.07) is 12.0. The highest BCUT2D eigenvalue weighted by Gasteiger charge is 2.20. The van der Waals surface area contributed by atoms with Gasteiger partial charge in [0.2, 0.25) is 10.0 Å². The van der Waals surface area contributed by atoms with Gasteiger partial charge in [0.15, 0.2) is 0 Å². The van der Waals surface area contributed by atoms with E-state index >= 15 is 0 Å². The molecule has 2 rings (SSSR count). The summed E-state index contributed by atoms with van der Waals surface area (Å²) in [5, 5.41) is 0.238. The van der Waals surface area contributed by atoms with E-state index in [1.165, 1.54) is 25.3 Å². The number of hydrogen-bond acceptors (Lipinski definition) is 4. The van der Waals surface area contributed by atoms with Crippen LogP contribution in [0, 0.1) is 6.92 Å². The first-order valence-corrected chi connectivity index (χ1v) is 9.16. The van der Waals surface area contributed by atoms with Crippen molar-refractivity contribution in [2.24, 2.45) is 0 Å². The first-order valence-electron chi connectivity index (χ1n) is 7.30. The van der Waals surface area contributed by atoms with Gasteiger partial charge >= 0.3 is 0 Å². The number of rotatable bonds is 7. The molecular formula is C17H20ClNO4S. The fourth-order valence-corrected chi connectivity index (χ4v) is 3.73. The normalized spacial score (nSPS) is 12.8. The number of nitrogens with one attached hydrogen (secondary N) is 1. The fourth-order valence-electron chi connectivity index (χ4n) is 2.35. The average molecular weight is 370 g/mol. The molecule has 24 heavy (non-hydrogen) atoms. The number of halogens is 1. The highest BCUT2D eigenvalue weighted by Crippen LogP contribution is 2.27. The summed E-state index contributed by atoms with van der Waals surface area (Å²) in [5.41, 5.74) is 1.98. The quantitative estimate of drug-likeness (QED) is 0.813. The summed E-state index contributed by atoms with van der Waals surface area (Å²) in [7, 11) is -0.681. The lowest BCUT2D eigenvalue weighted by atomic mass is 10.0. The van der Waals surface area contributed by atoms with E-state index in [0.717, 1.165) is 11.1 Å². The van der Waals surface area contributed by atoms with E-state index in [0.29, 0.717) is 5.75 Å². The first-order chi connectivity index (χ1) is 11.4. The van der Waals surface area contributed by atoms with Gasteiger partial charge in [-0.25, -0.2) is 13.1 Å². The van der Waals surface area contributed by atoms with Crippen LogP contribution in [0.4, 0.5) is 0 Å². The maximum atomic E-state index is 12.5. The third-order valence-corrected chi connectivity index (χ3v) is 5.43. The highest BCUT2D eigenvalue weighted by atomic mass is 35.5. The predicted molar refractivity (Wildman–Crippen MR) is 94.1 cm³/mol. The summed E-state index contributed by atoms with van der Waals surface area (Å²) in [5.74, 6) is 0.422. The Morgan fingerprint density at radius 2 is 1.88 bits per heavy atom. The number of sulfonamides is 1. The van der Waals surface area contributed by atoms with Gasteiger partial charge in [-0.05, 0) is 36.2 Å². The van der Waals surface area contributed by atoms with E-state index in [1.807, 2.05) is 31.2 Å². The zero-order chi connectivity index (χ0) is 17.7. The Kier molecular flexibility index (Phi) is 6.23. The van der Waals surface area contributed by atoms with Crippen molar-refractivity contribution in [2.45, 2.75) is 17.9 Å². The molecule has 1 N–H and O–H groups in total. The van der Waals surface area contributed by atoms with Crippen molar-refractivity contribution in [1.82, 2.24) is 4.72 Å². The molecule has 0 aliphatic rings. The van der Waals surface area contributed by atoms with Crippen LogP contribution >= 0.6 is 11.6 Å². The molecule has 7 heteroatoms. The summed E-state index contributed by atoms with van der Waals surface area (Å²) >= 11 is 6.00. The van der Waals surface area contributed by atoms with Gasteiger partial charge in [0.05, 0.1) is 23.1 Å². The van der Waals surface area contributed by atoms with Crippen LogP contribution in [0.5, 0.6) is 5.75 Å². The minimum Gasteiger partial charge on any atom is -0.495 e. The standard InChI is InChI=1S/C17H20ClNO4S/c1-12-6-4-5-7-14(12)17(23-3)11-19-24(20,21)13-8-9-16(22-2)15(18)10-13/h4-10,17,19H,11H2,1-3H3. The molecular weight excluding hydrogens is 350 g/mol. The van der Waals surface area contributed by atoms with Gasteiger partial charge in [-0.3, -0.25) is 0 Å². The fraction of sp³-hybridized carbons (Fsp3) is 0.294. The molecule has 0 aliphatic carbocycles. The van der Waals surface area contributed by atoms with Crippen LogP contribution in [0.25, 0.3) is 0 Å². The number of hydrogen-bond donors (Lipinski definition) is 1. The second-order valence-electron chi connectivity index (χ2n) is 5.23. The van der Waals surface area contributed by atoms with Gasteiger partial charge in [0.25, 0.3) is 0 Å². The molecule has 0 spiro atoms.